The second kappa shape index (κ2) is 4.40. The molecule has 5 heteroatoms. The Balaban J connectivity index is 2.31. The summed E-state index contributed by atoms with van der Waals surface area (Å²) in [5.41, 5.74) is 1.51. The van der Waals surface area contributed by atoms with E-state index in [1.165, 1.54) is 0 Å². The molecule has 2 aromatic heterocycles. The third kappa shape index (κ3) is 2.09. The molecule has 0 aliphatic carbocycles. The monoisotopic (exact) mass is 219 g/mol. The van der Waals surface area contributed by atoms with Crippen LogP contribution in [0.3, 0.4) is 0 Å². The summed E-state index contributed by atoms with van der Waals surface area (Å²) in [5.74, 6) is 0.645. The summed E-state index contributed by atoms with van der Waals surface area (Å²) < 4.78 is 5.05. The minimum absolute atomic E-state index is 0.306. The average molecular weight is 219 g/mol. The number of aromatic nitrogens is 3. The molecule has 2 rings (SSSR count). The van der Waals surface area contributed by atoms with Crippen molar-refractivity contribution >= 4 is 0 Å². The SMILES string of the molecule is CCC(O)c1noc(-c2cccc(C)n2)n1. The van der Waals surface area contributed by atoms with E-state index in [9.17, 15) is 5.11 Å². The molecule has 1 unspecified atom stereocenters. The van der Waals surface area contributed by atoms with Gasteiger partial charge in [0.15, 0.2) is 0 Å². The second-order valence-corrected chi connectivity index (χ2v) is 3.55. The largest absolute Gasteiger partial charge is 0.385 e. The number of aliphatic hydroxyl groups excluding tert-OH is 1. The molecule has 1 N–H and O–H groups in total. The summed E-state index contributed by atoms with van der Waals surface area (Å²) in [6.07, 6.45) is -0.123. The van der Waals surface area contributed by atoms with E-state index in [-0.39, 0.29) is 0 Å². The molecule has 0 fully saturated rings. The number of pyridine rings is 1. The first-order valence-corrected chi connectivity index (χ1v) is 5.16. The molecule has 0 aromatic carbocycles. The van der Waals surface area contributed by atoms with E-state index in [0.29, 0.717) is 23.8 Å². The molecular weight excluding hydrogens is 206 g/mol. The first-order chi connectivity index (χ1) is 7.70. The predicted octanol–water partition coefficient (Wildman–Crippen LogP) is 1.88. The lowest BCUT2D eigenvalue weighted by atomic mass is 10.2. The van der Waals surface area contributed by atoms with E-state index in [4.69, 9.17) is 4.52 Å². The number of hydrogen-bond acceptors (Lipinski definition) is 5. The Hall–Kier alpha value is -1.75. The van der Waals surface area contributed by atoms with Crippen LogP contribution in [0.2, 0.25) is 0 Å². The minimum Gasteiger partial charge on any atom is -0.385 e. The zero-order valence-electron chi connectivity index (χ0n) is 9.21. The van der Waals surface area contributed by atoms with E-state index in [1.807, 2.05) is 26.0 Å². The fourth-order valence-corrected chi connectivity index (χ4v) is 1.32. The average Bonchev–Trinajstić information content (AvgIpc) is 2.77. The van der Waals surface area contributed by atoms with Crippen LogP contribution in [0.5, 0.6) is 0 Å². The maximum absolute atomic E-state index is 9.54. The molecule has 5 nitrogen and oxygen atoms in total. The van der Waals surface area contributed by atoms with E-state index in [2.05, 4.69) is 15.1 Å². The molecule has 0 aliphatic rings. The molecule has 0 saturated heterocycles. The van der Waals surface area contributed by atoms with Gasteiger partial charge in [0.2, 0.25) is 5.82 Å². The summed E-state index contributed by atoms with van der Waals surface area (Å²) in [6, 6.07) is 5.56. The molecule has 0 bridgehead atoms. The van der Waals surface area contributed by atoms with E-state index < -0.39 is 6.10 Å². The first kappa shape index (κ1) is 10.8. The van der Waals surface area contributed by atoms with Gasteiger partial charge in [0, 0.05) is 5.69 Å². The van der Waals surface area contributed by atoms with Crippen LogP contribution in [-0.2, 0) is 0 Å². The van der Waals surface area contributed by atoms with Crippen LogP contribution in [0.4, 0.5) is 0 Å². The highest BCUT2D eigenvalue weighted by Gasteiger charge is 2.15. The molecule has 0 amide bonds. The number of hydrogen-bond donors (Lipinski definition) is 1. The molecule has 0 radical (unpaired) electrons. The first-order valence-electron chi connectivity index (χ1n) is 5.16. The molecule has 2 aromatic rings. The normalized spacial score (nSPS) is 12.7. The maximum atomic E-state index is 9.54. The van der Waals surface area contributed by atoms with Crippen molar-refractivity contribution in [3.63, 3.8) is 0 Å². The molecule has 84 valence electrons. The van der Waals surface area contributed by atoms with Gasteiger partial charge < -0.3 is 9.63 Å². The summed E-state index contributed by atoms with van der Waals surface area (Å²) >= 11 is 0. The van der Waals surface area contributed by atoms with E-state index in [0.717, 1.165) is 5.69 Å². The van der Waals surface area contributed by atoms with Gasteiger partial charge in [-0.05, 0) is 25.5 Å². The third-order valence-electron chi connectivity index (χ3n) is 2.23. The van der Waals surface area contributed by atoms with Crippen molar-refractivity contribution in [2.75, 3.05) is 0 Å². The van der Waals surface area contributed by atoms with Crippen molar-refractivity contribution in [2.24, 2.45) is 0 Å². The predicted molar refractivity (Wildman–Crippen MR) is 57.5 cm³/mol. The number of nitrogens with zero attached hydrogens (tertiary/aromatic N) is 3. The Morgan fingerprint density at radius 2 is 2.19 bits per heavy atom. The van der Waals surface area contributed by atoms with Crippen molar-refractivity contribution in [2.45, 2.75) is 26.4 Å². The highest BCUT2D eigenvalue weighted by Crippen LogP contribution is 2.18. The lowest BCUT2D eigenvalue weighted by Gasteiger charge is -1.98. The Morgan fingerprint density at radius 3 is 2.88 bits per heavy atom. The van der Waals surface area contributed by atoms with Crippen molar-refractivity contribution in [3.05, 3.63) is 29.7 Å². The Bertz CT molecular complexity index is 482. The van der Waals surface area contributed by atoms with Crippen LogP contribution < -0.4 is 0 Å². The van der Waals surface area contributed by atoms with Gasteiger partial charge >= 0.3 is 0 Å². The third-order valence-corrected chi connectivity index (χ3v) is 2.23. The quantitative estimate of drug-likeness (QED) is 0.853. The van der Waals surface area contributed by atoms with Gasteiger partial charge in [-0.15, -0.1) is 0 Å². The Morgan fingerprint density at radius 1 is 1.38 bits per heavy atom. The molecular formula is C11H13N3O2. The summed E-state index contributed by atoms with van der Waals surface area (Å²) in [4.78, 5) is 8.37. The van der Waals surface area contributed by atoms with Crippen molar-refractivity contribution < 1.29 is 9.63 Å². The summed E-state index contributed by atoms with van der Waals surface area (Å²) in [7, 11) is 0. The van der Waals surface area contributed by atoms with Gasteiger partial charge in [-0.1, -0.05) is 18.1 Å². The summed E-state index contributed by atoms with van der Waals surface area (Å²) in [5, 5.41) is 13.3. The second-order valence-electron chi connectivity index (χ2n) is 3.55. The topological polar surface area (TPSA) is 72.0 Å². The highest BCUT2D eigenvalue weighted by molar-refractivity contribution is 5.46. The lowest BCUT2D eigenvalue weighted by Crippen LogP contribution is -1.97. The van der Waals surface area contributed by atoms with E-state index >= 15 is 0 Å². The highest BCUT2D eigenvalue weighted by atomic mass is 16.5. The molecule has 0 saturated carbocycles. The lowest BCUT2D eigenvalue weighted by molar-refractivity contribution is 0.159. The van der Waals surface area contributed by atoms with Crippen molar-refractivity contribution in [1.82, 2.24) is 15.1 Å². The van der Waals surface area contributed by atoms with Gasteiger partial charge in [0.1, 0.15) is 11.8 Å². The Labute approximate surface area is 93.1 Å². The Kier molecular flexibility index (Phi) is 2.96. The van der Waals surface area contributed by atoms with Crippen LogP contribution in [0.15, 0.2) is 22.7 Å². The van der Waals surface area contributed by atoms with Crippen LogP contribution in [0.25, 0.3) is 11.6 Å². The van der Waals surface area contributed by atoms with Crippen LogP contribution in [0, 0.1) is 6.92 Å². The molecule has 2 heterocycles. The number of rotatable bonds is 3. The van der Waals surface area contributed by atoms with Gasteiger partial charge in [-0.25, -0.2) is 4.98 Å². The fraction of sp³-hybridized carbons (Fsp3) is 0.364. The van der Waals surface area contributed by atoms with Gasteiger partial charge in [0.05, 0.1) is 0 Å². The molecule has 1 atom stereocenters. The fourth-order valence-electron chi connectivity index (χ4n) is 1.32. The van der Waals surface area contributed by atoms with Crippen LogP contribution in [-0.4, -0.2) is 20.2 Å². The van der Waals surface area contributed by atoms with Crippen LogP contribution >= 0.6 is 0 Å². The smallest absolute Gasteiger partial charge is 0.276 e. The number of aliphatic hydroxyl groups is 1. The standard InChI is InChI=1S/C11H13N3O2/c1-3-9(15)10-13-11(16-14-10)8-6-4-5-7(2)12-8/h4-6,9,15H,3H2,1-2H3. The van der Waals surface area contributed by atoms with Crippen LogP contribution in [0.1, 0.15) is 31.0 Å². The van der Waals surface area contributed by atoms with E-state index in [1.54, 1.807) is 6.07 Å². The van der Waals surface area contributed by atoms with Gasteiger partial charge in [0.25, 0.3) is 5.89 Å². The van der Waals surface area contributed by atoms with Gasteiger partial charge in [-0.3, -0.25) is 0 Å². The van der Waals surface area contributed by atoms with Crippen molar-refractivity contribution in [3.8, 4) is 11.6 Å². The minimum atomic E-state index is -0.678. The van der Waals surface area contributed by atoms with Gasteiger partial charge in [-0.2, -0.15) is 4.98 Å². The zero-order chi connectivity index (χ0) is 11.5. The summed E-state index contributed by atoms with van der Waals surface area (Å²) in [6.45, 7) is 3.74. The molecule has 0 spiro atoms. The number of aryl methyl sites for hydroxylation is 1. The van der Waals surface area contributed by atoms with Crippen molar-refractivity contribution in [1.29, 1.82) is 0 Å². The zero-order valence-corrected chi connectivity index (χ0v) is 9.21. The molecule has 0 aliphatic heterocycles. The maximum Gasteiger partial charge on any atom is 0.276 e. The molecule has 16 heavy (non-hydrogen) atoms.